The van der Waals surface area contributed by atoms with Gasteiger partial charge in [-0.05, 0) is 51.5 Å². The van der Waals surface area contributed by atoms with Crippen LogP contribution < -0.4 is 5.32 Å². The Morgan fingerprint density at radius 2 is 1.78 bits per heavy atom. The van der Waals surface area contributed by atoms with Crippen molar-refractivity contribution in [2.24, 2.45) is 5.92 Å². The summed E-state index contributed by atoms with van der Waals surface area (Å²) in [5.74, 6) is 0.142. The zero-order chi connectivity index (χ0) is 19.3. The van der Waals surface area contributed by atoms with Gasteiger partial charge in [-0.15, -0.1) is 0 Å². The van der Waals surface area contributed by atoms with Gasteiger partial charge < -0.3 is 5.32 Å². The average Bonchev–Trinajstić information content (AvgIpc) is 2.70. The van der Waals surface area contributed by atoms with Crippen molar-refractivity contribution in [3.8, 4) is 0 Å². The van der Waals surface area contributed by atoms with Crippen molar-refractivity contribution in [3.63, 3.8) is 0 Å². The molecule has 1 aromatic heterocycles. The number of nitrogens with zero attached hydrogens (tertiary/aromatic N) is 3. The first-order chi connectivity index (χ1) is 13.0. The number of hydrogen-bond donors (Lipinski definition) is 1. The molecular formula is C18H28N4O3S2. The zero-order valence-electron chi connectivity index (χ0n) is 15.7. The van der Waals surface area contributed by atoms with Crippen LogP contribution in [-0.4, -0.2) is 58.7 Å². The van der Waals surface area contributed by atoms with E-state index in [0.717, 1.165) is 30.8 Å². The monoisotopic (exact) mass is 412 g/mol. The molecule has 0 unspecified atom stereocenters. The van der Waals surface area contributed by atoms with Gasteiger partial charge in [0.05, 0.1) is 5.75 Å². The molecule has 1 saturated heterocycles. The average molecular weight is 413 g/mol. The molecule has 0 radical (unpaired) electrons. The SMILES string of the molecule is CCS(=O)(=O)N1CCC(C(=O)NC2CCC(Sc3ncccn3)CC2)CC1. The highest BCUT2D eigenvalue weighted by Crippen LogP contribution is 2.32. The molecular weight excluding hydrogens is 384 g/mol. The minimum Gasteiger partial charge on any atom is -0.353 e. The number of carbonyl (C=O) groups is 1. The van der Waals surface area contributed by atoms with Crippen LogP contribution in [0.3, 0.4) is 0 Å². The number of hydrogen-bond acceptors (Lipinski definition) is 6. The van der Waals surface area contributed by atoms with Crippen molar-refractivity contribution in [2.45, 2.75) is 61.9 Å². The van der Waals surface area contributed by atoms with Gasteiger partial charge in [0.2, 0.25) is 15.9 Å². The normalized spacial score (nSPS) is 25.2. The molecule has 1 saturated carbocycles. The lowest BCUT2D eigenvalue weighted by molar-refractivity contribution is -0.127. The molecule has 0 aromatic carbocycles. The van der Waals surface area contributed by atoms with E-state index in [9.17, 15) is 13.2 Å². The third kappa shape index (κ3) is 5.65. The number of piperidine rings is 1. The fourth-order valence-electron chi connectivity index (χ4n) is 3.72. The lowest BCUT2D eigenvalue weighted by Gasteiger charge is -2.33. The highest BCUT2D eigenvalue weighted by atomic mass is 32.2. The summed E-state index contributed by atoms with van der Waals surface area (Å²) in [6, 6.07) is 2.04. The number of thioether (sulfide) groups is 1. The lowest BCUT2D eigenvalue weighted by atomic mass is 9.92. The molecule has 9 heteroatoms. The summed E-state index contributed by atoms with van der Waals surface area (Å²) in [5.41, 5.74) is 0. The molecule has 0 atom stereocenters. The Kier molecular flexibility index (Phi) is 7.10. The molecule has 27 heavy (non-hydrogen) atoms. The molecule has 3 rings (SSSR count). The van der Waals surface area contributed by atoms with Gasteiger partial charge in [0, 0.05) is 42.7 Å². The van der Waals surface area contributed by atoms with Crippen LogP contribution >= 0.6 is 11.8 Å². The second-order valence-electron chi connectivity index (χ2n) is 7.21. The maximum absolute atomic E-state index is 12.6. The number of carbonyl (C=O) groups excluding carboxylic acids is 1. The molecule has 7 nitrogen and oxygen atoms in total. The fraction of sp³-hybridized carbons (Fsp3) is 0.722. The van der Waals surface area contributed by atoms with E-state index in [1.165, 1.54) is 4.31 Å². The van der Waals surface area contributed by atoms with Crippen molar-refractivity contribution >= 4 is 27.7 Å². The molecule has 2 fully saturated rings. The van der Waals surface area contributed by atoms with E-state index in [0.29, 0.717) is 31.2 Å². The molecule has 1 aliphatic carbocycles. The van der Waals surface area contributed by atoms with Crippen molar-refractivity contribution in [1.82, 2.24) is 19.6 Å². The van der Waals surface area contributed by atoms with E-state index in [1.807, 2.05) is 6.07 Å². The van der Waals surface area contributed by atoms with E-state index in [4.69, 9.17) is 0 Å². The standard InChI is InChI=1S/C18H28N4O3S2/c1-2-27(24,25)22-12-8-14(9-13-22)17(23)21-15-4-6-16(7-5-15)26-18-19-10-3-11-20-18/h3,10-11,14-16H,2,4-9,12-13H2,1H3,(H,21,23). The van der Waals surface area contributed by atoms with Crippen LogP contribution in [0, 0.1) is 5.92 Å². The molecule has 0 spiro atoms. The molecule has 1 amide bonds. The van der Waals surface area contributed by atoms with E-state index in [2.05, 4.69) is 15.3 Å². The number of rotatable bonds is 6. The van der Waals surface area contributed by atoms with Gasteiger partial charge in [0.25, 0.3) is 0 Å². The van der Waals surface area contributed by atoms with Crippen molar-refractivity contribution < 1.29 is 13.2 Å². The molecule has 0 bridgehead atoms. The van der Waals surface area contributed by atoms with Gasteiger partial charge in [-0.3, -0.25) is 4.79 Å². The van der Waals surface area contributed by atoms with Gasteiger partial charge in [0.15, 0.2) is 5.16 Å². The van der Waals surface area contributed by atoms with Crippen molar-refractivity contribution in [2.75, 3.05) is 18.8 Å². The Balaban J connectivity index is 1.40. The zero-order valence-corrected chi connectivity index (χ0v) is 17.3. The summed E-state index contributed by atoms with van der Waals surface area (Å²) in [5, 5.41) is 4.51. The number of amides is 1. The largest absolute Gasteiger partial charge is 0.353 e. The minimum absolute atomic E-state index is 0.0712. The van der Waals surface area contributed by atoms with E-state index < -0.39 is 10.0 Å². The highest BCUT2D eigenvalue weighted by Gasteiger charge is 2.31. The molecule has 1 aromatic rings. The summed E-state index contributed by atoms with van der Waals surface area (Å²) in [4.78, 5) is 21.1. The first-order valence-electron chi connectivity index (χ1n) is 9.70. The second-order valence-corrected chi connectivity index (χ2v) is 10.7. The third-order valence-corrected chi connectivity index (χ3v) is 8.53. The summed E-state index contributed by atoms with van der Waals surface area (Å²) >= 11 is 1.72. The predicted octanol–water partition coefficient (Wildman–Crippen LogP) is 2.06. The maximum Gasteiger partial charge on any atom is 0.223 e. The van der Waals surface area contributed by atoms with Crippen LogP contribution in [0.4, 0.5) is 0 Å². The number of nitrogens with one attached hydrogen (secondary N) is 1. The van der Waals surface area contributed by atoms with E-state index >= 15 is 0 Å². The minimum atomic E-state index is -3.14. The third-order valence-electron chi connectivity index (χ3n) is 5.42. The summed E-state index contributed by atoms with van der Waals surface area (Å²) in [6.07, 6.45) is 8.78. The quantitative estimate of drug-likeness (QED) is 0.719. The fourth-order valence-corrected chi connectivity index (χ4v) is 5.90. The first kappa shape index (κ1) is 20.5. The van der Waals surface area contributed by atoms with Gasteiger partial charge in [0.1, 0.15) is 0 Å². The van der Waals surface area contributed by atoms with Crippen molar-refractivity contribution in [1.29, 1.82) is 0 Å². The van der Waals surface area contributed by atoms with Gasteiger partial charge in [-0.25, -0.2) is 22.7 Å². The van der Waals surface area contributed by atoms with Crippen LogP contribution in [0.15, 0.2) is 23.6 Å². The summed E-state index contributed by atoms with van der Waals surface area (Å²) < 4.78 is 25.4. The van der Waals surface area contributed by atoms with E-state index in [-0.39, 0.29) is 23.6 Å². The van der Waals surface area contributed by atoms with Crippen LogP contribution in [0.5, 0.6) is 0 Å². The Morgan fingerprint density at radius 3 is 2.37 bits per heavy atom. The lowest BCUT2D eigenvalue weighted by Crippen LogP contribution is -2.46. The van der Waals surface area contributed by atoms with Crippen LogP contribution in [0.2, 0.25) is 0 Å². The maximum atomic E-state index is 12.6. The Labute approximate surface area is 165 Å². The van der Waals surface area contributed by atoms with Crippen LogP contribution in [0.25, 0.3) is 0 Å². The van der Waals surface area contributed by atoms with Crippen LogP contribution in [-0.2, 0) is 14.8 Å². The molecule has 2 aliphatic rings. The van der Waals surface area contributed by atoms with Gasteiger partial charge in [-0.1, -0.05) is 11.8 Å². The Bertz CT molecular complexity index is 713. The Hall–Kier alpha value is -1.19. The van der Waals surface area contributed by atoms with E-state index in [1.54, 1.807) is 31.1 Å². The predicted molar refractivity (Wildman–Crippen MR) is 106 cm³/mol. The van der Waals surface area contributed by atoms with Gasteiger partial charge in [-0.2, -0.15) is 0 Å². The molecule has 1 aliphatic heterocycles. The van der Waals surface area contributed by atoms with Crippen molar-refractivity contribution in [3.05, 3.63) is 18.5 Å². The van der Waals surface area contributed by atoms with Crippen LogP contribution in [0.1, 0.15) is 45.4 Å². The Morgan fingerprint density at radius 1 is 1.15 bits per heavy atom. The summed E-state index contributed by atoms with van der Waals surface area (Å²) in [6.45, 7) is 2.57. The first-order valence-corrected chi connectivity index (χ1v) is 12.2. The number of aromatic nitrogens is 2. The molecule has 1 N–H and O–H groups in total. The smallest absolute Gasteiger partial charge is 0.223 e. The number of sulfonamides is 1. The molecule has 150 valence electrons. The molecule has 2 heterocycles. The van der Waals surface area contributed by atoms with Gasteiger partial charge >= 0.3 is 0 Å². The topological polar surface area (TPSA) is 92.3 Å². The summed E-state index contributed by atoms with van der Waals surface area (Å²) in [7, 11) is -3.14. The highest BCUT2D eigenvalue weighted by molar-refractivity contribution is 7.99. The second kappa shape index (κ2) is 9.34.